The van der Waals surface area contributed by atoms with Crippen molar-refractivity contribution in [2.24, 2.45) is 0 Å². The third-order valence-electron chi connectivity index (χ3n) is 6.23. The molecule has 1 fully saturated rings. The van der Waals surface area contributed by atoms with E-state index in [-0.39, 0.29) is 29.3 Å². The third kappa shape index (κ3) is 3.55. The van der Waals surface area contributed by atoms with E-state index in [1.54, 1.807) is 17.0 Å². The summed E-state index contributed by atoms with van der Waals surface area (Å²) in [4.78, 5) is 37.2. The van der Waals surface area contributed by atoms with E-state index in [0.717, 1.165) is 24.6 Å². The van der Waals surface area contributed by atoms with Gasteiger partial charge in [-0.2, -0.15) is 0 Å². The molecule has 0 amide bonds. The van der Waals surface area contributed by atoms with Crippen LogP contribution < -0.4 is 20.0 Å². The first-order valence-corrected chi connectivity index (χ1v) is 10.9. The molecule has 9 nitrogen and oxygen atoms in total. The zero-order valence-corrected chi connectivity index (χ0v) is 18.4. The van der Waals surface area contributed by atoms with Gasteiger partial charge in [-0.05, 0) is 31.9 Å². The number of hydrogen-bond acceptors (Lipinski definition) is 7. The summed E-state index contributed by atoms with van der Waals surface area (Å²) >= 11 is 0. The number of nitrogens with zero attached hydrogens (tertiary/aromatic N) is 5. The first kappa shape index (κ1) is 21.2. The van der Waals surface area contributed by atoms with Crippen LogP contribution in [0.1, 0.15) is 35.3 Å². The Kier molecular flexibility index (Phi) is 5.15. The third-order valence-corrected chi connectivity index (χ3v) is 6.23. The molecule has 3 aromatic rings. The van der Waals surface area contributed by atoms with Crippen LogP contribution in [0.3, 0.4) is 0 Å². The molecule has 0 unspecified atom stereocenters. The summed E-state index contributed by atoms with van der Waals surface area (Å²) in [6.07, 6.45) is 5.65. The van der Waals surface area contributed by atoms with Gasteiger partial charge in [0.25, 0.3) is 0 Å². The Morgan fingerprint density at radius 2 is 1.88 bits per heavy atom. The quantitative estimate of drug-likeness (QED) is 0.646. The van der Waals surface area contributed by atoms with E-state index in [0.29, 0.717) is 36.8 Å². The highest BCUT2D eigenvalue weighted by molar-refractivity contribution is 5.97. The van der Waals surface area contributed by atoms with Crippen LogP contribution in [0.4, 0.5) is 16.0 Å². The highest BCUT2D eigenvalue weighted by Gasteiger charge is 2.31. The number of halogens is 1. The molecule has 0 bridgehead atoms. The van der Waals surface area contributed by atoms with Crippen LogP contribution >= 0.6 is 0 Å². The molecule has 172 valence electrons. The van der Waals surface area contributed by atoms with Gasteiger partial charge in [0.1, 0.15) is 17.9 Å². The number of aromatic carboxylic acids is 1. The smallest absolute Gasteiger partial charge is 0.341 e. The minimum absolute atomic E-state index is 0.0159. The normalized spacial score (nSPS) is 18.2. The highest BCUT2D eigenvalue weighted by Crippen LogP contribution is 2.42. The summed E-state index contributed by atoms with van der Waals surface area (Å²) < 4.78 is 23.1. The average Bonchev–Trinajstić information content (AvgIpc) is 3.03. The average molecular weight is 453 g/mol. The molecule has 1 aromatic carbocycles. The van der Waals surface area contributed by atoms with Crippen molar-refractivity contribution >= 4 is 28.5 Å². The van der Waals surface area contributed by atoms with Crippen molar-refractivity contribution in [1.82, 2.24) is 14.5 Å². The van der Waals surface area contributed by atoms with Crippen molar-refractivity contribution in [2.75, 3.05) is 42.6 Å². The summed E-state index contributed by atoms with van der Waals surface area (Å²) in [6, 6.07) is 0.947. The van der Waals surface area contributed by atoms with Crippen molar-refractivity contribution in [3.8, 4) is 5.75 Å². The van der Waals surface area contributed by atoms with Crippen molar-refractivity contribution in [3.05, 3.63) is 51.8 Å². The second kappa shape index (κ2) is 8.02. The number of pyridine rings is 1. The molecular weight excluding hydrogens is 429 g/mol. The molecular formula is C23H24FN5O4. The monoisotopic (exact) mass is 453 g/mol. The molecule has 1 atom stereocenters. The number of anilines is 2. The molecule has 1 N–H and O–H groups in total. The van der Waals surface area contributed by atoms with Crippen LogP contribution in [-0.4, -0.2) is 58.4 Å². The molecule has 2 aliphatic heterocycles. The lowest BCUT2D eigenvalue weighted by molar-refractivity contribution is 0.0694. The fraction of sp³-hybridized carbons (Fsp3) is 0.391. The first-order valence-electron chi connectivity index (χ1n) is 10.9. The van der Waals surface area contributed by atoms with Gasteiger partial charge in [-0.3, -0.25) is 4.79 Å². The lowest BCUT2D eigenvalue weighted by Gasteiger charge is -2.32. The minimum Gasteiger partial charge on any atom is -0.487 e. The Morgan fingerprint density at radius 1 is 1.18 bits per heavy atom. The van der Waals surface area contributed by atoms with Gasteiger partial charge in [-0.25, -0.2) is 19.2 Å². The van der Waals surface area contributed by atoms with Gasteiger partial charge >= 0.3 is 5.97 Å². The standard InChI is InChI=1S/C23H24FN5O4/c1-13-9-25-23(26-10-13)28-5-3-4-27(6-7-28)19-17(24)8-15-18-21(19)33-12-14(2)29(18)11-16(20(15)30)22(31)32/h8-11,14H,3-7,12H2,1-2H3,(H,31,32)/t14-/m0/s1. The van der Waals surface area contributed by atoms with Crippen LogP contribution in [0, 0.1) is 12.7 Å². The number of hydrogen-bond donors (Lipinski definition) is 1. The molecule has 2 aliphatic rings. The Hall–Kier alpha value is -3.69. The van der Waals surface area contributed by atoms with E-state index in [1.165, 1.54) is 6.20 Å². The Labute approximate surface area is 189 Å². The molecule has 2 aromatic heterocycles. The van der Waals surface area contributed by atoms with Gasteiger partial charge in [-0.15, -0.1) is 0 Å². The fourth-order valence-corrected chi connectivity index (χ4v) is 4.55. The molecule has 0 spiro atoms. The van der Waals surface area contributed by atoms with E-state index >= 15 is 4.39 Å². The van der Waals surface area contributed by atoms with Crippen LogP contribution in [0.15, 0.2) is 29.5 Å². The molecule has 4 heterocycles. The van der Waals surface area contributed by atoms with Gasteiger partial charge in [0, 0.05) is 44.8 Å². The van der Waals surface area contributed by atoms with Crippen molar-refractivity contribution < 1.29 is 19.0 Å². The Morgan fingerprint density at radius 3 is 2.61 bits per heavy atom. The van der Waals surface area contributed by atoms with E-state index < -0.39 is 17.2 Å². The number of benzene rings is 1. The largest absolute Gasteiger partial charge is 0.487 e. The van der Waals surface area contributed by atoms with E-state index in [9.17, 15) is 14.7 Å². The molecule has 5 rings (SSSR count). The van der Waals surface area contributed by atoms with Gasteiger partial charge in [-0.1, -0.05) is 0 Å². The Balaban J connectivity index is 1.57. The lowest BCUT2D eigenvalue weighted by atomic mass is 10.1. The molecule has 33 heavy (non-hydrogen) atoms. The summed E-state index contributed by atoms with van der Waals surface area (Å²) in [7, 11) is 0. The maximum absolute atomic E-state index is 15.5. The van der Waals surface area contributed by atoms with Crippen molar-refractivity contribution in [1.29, 1.82) is 0 Å². The van der Waals surface area contributed by atoms with Crippen LogP contribution in [0.25, 0.3) is 10.9 Å². The van der Waals surface area contributed by atoms with Gasteiger partial charge < -0.3 is 24.2 Å². The van der Waals surface area contributed by atoms with Crippen molar-refractivity contribution in [2.45, 2.75) is 26.3 Å². The lowest BCUT2D eigenvalue weighted by Crippen LogP contribution is -2.33. The Bertz CT molecular complexity index is 1310. The summed E-state index contributed by atoms with van der Waals surface area (Å²) in [6.45, 7) is 6.49. The second-order valence-corrected chi connectivity index (χ2v) is 8.56. The zero-order valence-electron chi connectivity index (χ0n) is 18.4. The molecule has 0 saturated carbocycles. The minimum atomic E-state index is -1.33. The predicted molar refractivity (Wildman–Crippen MR) is 121 cm³/mol. The molecule has 0 aliphatic carbocycles. The number of aromatic nitrogens is 3. The summed E-state index contributed by atoms with van der Waals surface area (Å²) in [5.74, 6) is -1.00. The van der Waals surface area contributed by atoms with Gasteiger partial charge in [0.15, 0.2) is 11.6 Å². The number of carboxylic acid groups (broad SMARTS) is 1. The number of ether oxygens (including phenoxy) is 1. The van der Waals surface area contributed by atoms with Crippen LogP contribution in [0.5, 0.6) is 5.75 Å². The highest BCUT2D eigenvalue weighted by atomic mass is 19.1. The summed E-state index contributed by atoms with van der Waals surface area (Å²) in [5, 5.41) is 9.47. The number of carbonyl (C=O) groups is 1. The second-order valence-electron chi connectivity index (χ2n) is 8.56. The zero-order chi connectivity index (χ0) is 23.3. The number of aryl methyl sites for hydroxylation is 1. The number of rotatable bonds is 3. The summed E-state index contributed by atoms with van der Waals surface area (Å²) in [5.41, 5.74) is 0.631. The van der Waals surface area contributed by atoms with E-state index in [4.69, 9.17) is 4.74 Å². The number of carboxylic acids is 1. The van der Waals surface area contributed by atoms with Crippen LogP contribution in [-0.2, 0) is 0 Å². The fourth-order valence-electron chi connectivity index (χ4n) is 4.55. The van der Waals surface area contributed by atoms with Gasteiger partial charge in [0.2, 0.25) is 11.4 Å². The molecule has 0 radical (unpaired) electrons. The molecule has 1 saturated heterocycles. The van der Waals surface area contributed by atoms with E-state index in [2.05, 4.69) is 14.9 Å². The van der Waals surface area contributed by atoms with Crippen molar-refractivity contribution in [3.63, 3.8) is 0 Å². The topological polar surface area (TPSA) is 101 Å². The van der Waals surface area contributed by atoms with Gasteiger partial charge in [0.05, 0.1) is 16.9 Å². The predicted octanol–water partition coefficient (Wildman–Crippen LogP) is 2.61. The molecule has 10 heteroatoms. The maximum atomic E-state index is 15.5. The first-order chi connectivity index (χ1) is 15.8. The maximum Gasteiger partial charge on any atom is 0.341 e. The van der Waals surface area contributed by atoms with E-state index in [1.807, 2.05) is 18.7 Å². The SMILES string of the molecule is Cc1cnc(N2CCCN(c3c(F)cc4c(=O)c(C(=O)O)cn5c4c3OC[C@@H]5C)CC2)nc1. The van der Waals surface area contributed by atoms with Crippen LogP contribution in [0.2, 0.25) is 0 Å².